The number of hydrogen-bond acceptors (Lipinski definition) is 6. The molecule has 352 valence electrons. The van der Waals surface area contributed by atoms with E-state index in [-0.39, 0.29) is 31.1 Å². The molecule has 0 saturated heterocycles. The Morgan fingerprint density at radius 1 is 0.355 bits per heavy atom. The second-order valence-corrected chi connectivity index (χ2v) is 16.5. The van der Waals surface area contributed by atoms with E-state index < -0.39 is 6.10 Å². The maximum Gasteiger partial charge on any atom is 0.306 e. The largest absolute Gasteiger partial charge is 0.462 e. The van der Waals surface area contributed by atoms with Gasteiger partial charge in [0.15, 0.2) is 6.10 Å². The summed E-state index contributed by atoms with van der Waals surface area (Å²) < 4.78 is 16.7. The van der Waals surface area contributed by atoms with Crippen molar-refractivity contribution in [3.8, 4) is 0 Å². The summed E-state index contributed by atoms with van der Waals surface area (Å²) in [5.41, 5.74) is 0. The fourth-order valence-electron chi connectivity index (χ4n) is 6.75. The van der Waals surface area contributed by atoms with Gasteiger partial charge in [0, 0.05) is 19.3 Å². The molecule has 0 spiro atoms. The van der Waals surface area contributed by atoms with E-state index in [0.29, 0.717) is 19.3 Å². The lowest BCUT2D eigenvalue weighted by atomic mass is 10.0. The molecule has 6 heteroatoms. The zero-order chi connectivity index (χ0) is 45.1. The van der Waals surface area contributed by atoms with Gasteiger partial charge in [-0.05, 0) is 64.2 Å². The summed E-state index contributed by atoms with van der Waals surface area (Å²) in [6.45, 7) is 6.33. The van der Waals surface area contributed by atoms with Crippen LogP contribution in [0.15, 0.2) is 97.2 Å². The monoisotopic (exact) mass is 861 g/mol. The van der Waals surface area contributed by atoms with E-state index in [4.69, 9.17) is 14.2 Å². The molecule has 0 aromatic carbocycles. The first-order valence-corrected chi connectivity index (χ1v) is 25.3. The quantitative estimate of drug-likeness (QED) is 0.0200. The SMILES string of the molecule is CC\C=C/C=C\C=C/C=C\C=C\C=C/CCCCCC(=O)OCC(COC(=O)CCCCCCCCCCCCCCC)OC(=O)CCCCCCCCC/C=C\C/C=C\CC. The Hall–Kier alpha value is -3.67. The van der Waals surface area contributed by atoms with Crippen molar-refractivity contribution in [3.63, 3.8) is 0 Å². The number of ether oxygens (including phenoxy) is 3. The van der Waals surface area contributed by atoms with Crippen molar-refractivity contribution < 1.29 is 28.6 Å². The molecule has 1 unspecified atom stereocenters. The Bertz CT molecular complexity index is 1260. The van der Waals surface area contributed by atoms with E-state index in [9.17, 15) is 14.4 Å². The normalized spacial score (nSPS) is 12.9. The lowest BCUT2D eigenvalue weighted by molar-refractivity contribution is -0.167. The summed E-state index contributed by atoms with van der Waals surface area (Å²) in [5, 5.41) is 0. The number of carbonyl (C=O) groups is 3. The number of hydrogen-bond donors (Lipinski definition) is 0. The van der Waals surface area contributed by atoms with Crippen LogP contribution < -0.4 is 0 Å². The van der Waals surface area contributed by atoms with Crippen molar-refractivity contribution in [1.82, 2.24) is 0 Å². The van der Waals surface area contributed by atoms with Gasteiger partial charge in [0.2, 0.25) is 0 Å². The van der Waals surface area contributed by atoms with Crippen LogP contribution >= 0.6 is 0 Å². The Morgan fingerprint density at radius 2 is 0.710 bits per heavy atom. The van der Waals surface area contributed by atoms with Crippen LogP contribution in [0.1, 0.15) is 220 Å². The molecule has 0 aliphatic carbocycles. The third kappa shape index (κ3) is 47.4. The van der Waals surface area contributed by atoms with Gasteiger partial charge in [-0.3, -0.25) is 14.4 Å². The summed E-state index contributed by atoms with van der Waals surface area (Å²) in [6, 6.07) is 0. The zero-order valence-electron chi connectivity index (χ0n) is 40.1. The molecule has 1 atom stereocenters. The van der Waals surface area contributed by atoms with Crippen molar-refractivity contribution in [1.29, 1.82) is 0 Å². The molecule has 0 rings (SSSR count). The molecule has 0 heterocycles. The maximum absolute atomic E-state index is 12.8. The minimum atomic E-state index is -0.798. The fraction of sp³-hybridized carbons (Fsp3) is 0.661. The first kappa shape index (κ1) is 58.3. The van der Waals surface area contributed by atoms with E-state index >= 15 is 0 Å². The van der Waals surface area contributed by atoms with Gasteiger partial charge >= 0.3 is 17.9 Å². The highest BCUT2D eigenvalue weighted by Crippen LogP contribution is 2.15. The van der Waals surface area contributed by atoms with Crippen LogP contribution in [0.3, 0.4) is 0 Å². The number of rotatable bonds is 44. The van der Waals surface area contributed by atoms with Gasteiger partial charge in [0.1, 0.15) is 13.2 Å². The highest BCUT2D eigenvalue weighted by atomic mass is 16.6. The second kappa shape index (κ2) is 50.0. The molecule has 0 fully saturated rings. The summed E-state index contributed by atoms with van der Waals surface area (Å²) in [7, 11) is 0. The van der Waals surface area contributed by atoms with Crippen molar-refractivity contribution in [3.05, 3.63) is 97.2 Å². The van der Waals surface area contributed by atoms with Gasteiger partial charge in [-0.25, -0.2) is 0 Å². The number of carbonyl (C=O) groups excluding carboxylic acids is 3. The lowest BCUT2D eigenvalue weighted by Gasteiger charge is -2.18. The Morgan fingerprint density at radius 3 is 1.18 bits per heavy atom. The van der Waals surface area contributed by atoms with Crippen LogP contribution in [0.2, 0.25) is 0 Å². The highest BCUT2D eigenvalue weighted by Gasteiger charge is 2.19. The Balaban J connectivity index is 4.49. The molecule has 0 radical (unpaired) electrons. The van der Waals surface area contributed by atoms with Gasteiger partial charge in [-0.1, -0.05) is 234 Å². The van der Waals surface area contributed by atoms with E-state index in [1.165, 1.54) is 89.9 Å². The number of allylic oxidation sites excluding steroid dienone is 16. The Kier molecular flexibility index (Phi) is 47.0. The molecule has 0 aliphatic rings. The van der Waals surface area contributed by atoms with E-state index in [1.807, 2.05) is 60.8 Å². The molecular formula is C56H92O6. The topological polar surface area (TPSA) is 78.9 Å². The van der Waals surface area contributed by atoms with Crippen LogP contribution in [0.4, 0.5) is 0 Å². The third-order valence-corrected chi connectivity index (χ3v) is 10.5. The molecule has 0 aromatic heterocycles. The average molecular weight is 861 g/mol. The summed E-state index contributed by atoms with van der Waals surface area (Å²) in [4.78, 5) is 37.9. The molecule has 62 heavy (non-hydrogen) atoms. The molecule has 0 aliphatic heterocycles. The Labute approximate surface area is 381 Å². The van der Waals surface area contributed by atoms with Gasteiger partial charge in [0.25, 0.3) is 0 Å². The standard InChI is InChI=1S/C56H92O6/c1-4-7-10-13-16-19-22-25-27-28-29-32-34-37-40-43-46-49-55(58)61-52-53(51-60-54(57)48-45-42-39-36-33-30-24-21-18-15-12-9-6-3)62-56(59)50-47-44-41-38-35-31-26-23-20-17-14-11-8-5-2/h7-8,10-11,13,16-17,19-20,22,25,27-29,32,34,53H,4-6,9,12,14-15,18,21,23-24,26,30-31,33,35-52H2,1-3H3/b10-7-,11-8-,16-13-,20-17-,22-19-,27-25-,29-28+,34-32-. The molecule has 0 bridgehead atoms. The summed E-state index contributed by atoms with van der Waals surface area (Å²) in [5.74, 6) is -0.951. The smallest absolute Gasteiger partial charge is 0.306 e. The lowest BCUT2D eigenvalue weighted by Crippen LogP contribution is -2.30. The first-order valence-electron chi connectivity index (χ1n) is 25.3. The van der Waals surface area contributed by atoms with Crippen LogP contribution in [-0.4, -0.2) is 37.2 Å². The first-order chi connectivity index (χ1) is 30.5. The predicted octanol–water partition coefficient (Wildman–Crippen LogP) is 16.6. The van der Waals surface area contributed by atoms with Crippen molar-refractivity contribution in [2.24, 2.45) is 0 Å². The van der Waals surface area contributed by atoms with Gasteiger partial charge in [0.05, 0.1) is 0 Å². The maximum atomic E-state index is 12.8. The van der Waals surface area contributed by atoms with Crippen molar-refractivity contribution in [2.45, 2.75) is 226 Å². The molecule has 0 amide bonds. The van der Waals surface area contributed by atoms with Crippen molar-refractivity contribution >= 4 is 17.9 Å². The van der Waals surface area contributed by atoms with E-state index in [1.54, 1.807) is 0 Å². The molecule has 6 nitrogen and oxygen atoms in total. The number of esters is 3. The predicted molar refractivity (Wildman–Crippen MR) is 265 cm³/mol. The second-order valence-electron chi connectivity index (χ2n) is 16.5. The molecule has 0 N–H and O–H groups in total. The van der Waals surface area contributed by atoms with E-state index in [0.717, 1.165) is 89.9 Å². The van der Waals surface area contributed by atoms with Crippen LogP contribution in [0.5, 0.6) is 0 Å². The van der Waals surface area contributed by atoms with Crippen LogP contribution in [0.25, 0.3) is 0 Å². The third-order valence-electron chi connectivity index (χ3n) is 10.5. The van der Waals surface area contributed by atoms with Crippen LogP contribution in [0, 0.1) is 0 Å². The minimum Gasteiger partial charge on any atom is -0.462 e. The van der Waals surface area contributed by atoms with Gasteiger partial charge < -0.3 is 14.2 Å². The summed E-state index contributed by atoms with van der Waals surface area (Å²) >= 11 is 0. The average Bonchev–Trinajstić information content (AvgIpc) is 3.27. The van der Waals surface area contributed by atoms with Crippen molar-refractivity contribution in [2.75, 3.05) is 13.2 Å². The zero-order valence-corrected chi connectivity index (χ0v) is 40.1. The molecule has 0 aromatic rings. The summed E-state index contributed by atoms with van der Waals surface area (Å²) in [6.07, 6.45) is 65.3. The van der Waals surface area contributed by atoms with Crippen LogP contribution in [-0.2, 0) is 28.6 Å². The van der Waals surface area contributed by atoms with Gasteiger partial charge in [-0.15, -0.1) is 0 Å². The fourth-order valence-corrected chi connectivity index (χ4v) is 6.75. The van der Waals surface area contributed by atoms with Gasteiger partial charge in [-0.2, -0.15) is 0 Å². The minimum absolute atomic E-state index is 0.0948. The van der Waals surface area contributed by atoms with E-state index in [2.05, 4.69) is 57.2 Å². The highest BCUT2D eigenvalue weighted by molar-refractivity contribution is 5.71. The molecular weight excluding hydrogens is 769 g/mol. The molecule has 0 saturated carbocycles. The number of unbranched alkanes of at least 4 members (excludes halogenated alkanes) is 22.